The topological polar surface area (TPSA) is 64.9 Å². The van der Waals surface area contributed by atoms with Gasteiger partial charge in [0.05, 0.1) is 24.9 Å². The van der Waals surface area contributed by atoms with Crippen LogP contribution < -0.4 is 14.8 Å². The third-order valence-corrected chi connectivity index (χ3v) is 3.72. The van der Waals surface area contributed by atoms with Crippen LogP contribution in [0.4, 0.5) is 13.2 Å². The van der Waals surface area contributed by atoms with Gasteiger partial charge in [0.1, 0.15) is 5.65 Å². The van der Waals surface area contributed by atoms with E-state index in [0.717, 1.165) is 12.3 Å². The Morgan fingerprint density at radius 3 is 2.59 bits per heavy atom. The number of alkyl halides is 3. The highest BCUT2D eigenvalue weighted by Gasteiger charge is 2.30. The number of nitrogens with one attached hydrogen (secondary N) is 1. The number of amides is 1. The molecule has 3 aromatic rings. The largest absolute Gasteiger partial charge is 0.493 e. The summed E-state index contributed by atoms with van der Waals surface area (Å²) in [4.78, 5) is 16.1. The summed E-state index contributed by atoms with van der Waals surface area (Å²) < 4.78 is 50.0. The first-order valence-corrected chi connectivity index (χ1v) is 7.94. The van der Waals surface area contributed by atoms with Crippen molar-refractivity contribution in [3.63, 3.8) is 0 Å². The third kappa shape index (κ3) is 4.49. The van der Waals surface area contributed by atoms with Crippen LogP contribution in [0.5, 0.6) is 11.5 Å². The summed E-state index contributed by atoms with van der Waals surface area (Å²) in [6, 6.07) is 9.15. The molecule has 142 valence electrons. The number of aromatic nitrogens is 2. The summed E-state index contributed by atoms with van der Waals surface area (Å²) in [6.07, 6.45) is -2.03. The van der Waals surface area contributed by atoms with E-state index < -0.39 is 17.6 Å². The predicted octanol–water partition coefficient (Wildman–Crippen LogP) is 3.06. The molecule has 1 N–H and O–H groups in total. The Morgan fingerprint density at radius 2 is 1.89 bits per heavy atom. The molecule has 0 fully saturated rings. The highest BCUT2D eigenvalue weighted by molar-refractivity contribution is 5.77. The van der Waals surface area contributed by atoms with Gasteiger partial charge in [0.25, 0.3) is 5.91 Å². The first-order valence-electron chi connectivity index (χ1n) is 7.94. The monoisotopic (exact) mass is 379 g/mol. The van der Waals surface area contributed by atoms with Gasteiger partial charge in [0.2, 0.25) is 0 Å². The Balaban J connectivity index is 1.58. The molecule has 0 aliphatic rings. The maximum absolute atomic E-state index is 12.7. The van der Waals surface area contributed by atoms with E-state index in [1.54, 1.807) is 24.3 Å². The molecule has 0 spiro atoms. The molecular weight excluding hydrogens is 363 g/mol. The molecule has 27 heavy (non-hydrogen) atoms. The molecule has 1 aromatic carbocycles. The van der Waals surface area contributed by atoms with Gasteiger partial charge in [-0.05, 0) is 24.3 Å². The van der Waals surface area contributed by atoms with Gasteiger partial charge < -0.3 is 19.2 Å². The van der Waals surface area contributed by atoms with Crippen LogP contribution in [0.2, 0.25) is 0 Å². The lowest BCUT2D eigenvalue weighted by atomic mass is 10.3. The van der Waals surface area contributed by atoms with E-state index in [9.17, 15) is 18.0 Å². The SMILES string of the molecule is COc1ccccc1OCC(=O)NCc1cn2cc(C(F)(F)F)ccc2n1. The van der Waals surface area contributed by atoms with Crippen LogP contribution in [-0.2, 0) is 17.5 Å². The van der Waals surface area contributed by atoms with Gasteiger partial charge in [-0.1, -0.05) is 12.1 Å². The van der Waals surface area contributed by atoms with E-state index in [1.807, 2.05) is 0 Å². The molecule has 2 aromatic heterocycles. The summed E-state index contributed by atoms with van der Waals surface area (Å²) in [5, 5.41) is 2.61. The first kappa shape index (κ1) is 18.6. The average molecular weight is 379 g/mol. The molecule has 0 atom stereocenters. The number of ether oxygens (including phenoxy) is 2. The minimum atomic E-state index is -4.43. The fourth-order valence-corrected chi connectivity index (χ4v) is 2.42. The van der Waals surface area contributed by atoms with Gasteiger partial charge >= 0.3 is 6.18 Å². The molecule has 9 heteroatoms. The van der Waals surface area contributed by atoms with Crippen molar-refractivity contribution in [3.8, 4) is 11.5 Å². The Kier molecular flexibility index (Phi) is 5.20. The summed E-state index contributed by atoms with van der Waals surface area (Å²) in [6.45, 7) is -0.164. The number of benzene rings is 1. The number of fused-ring (bicyclic) bond motifs is 1. The average Bonchev–Trinajstić information content (AvgIpc) is 3.06. The van der Waals surface area contributed by atoms with Crippen LogP contribution >= 0.6 is 0 Å². The molecule has 0 aliphatic heterocycles. The summed E-state index contributed by atoms with van der Waals surface area (Å²) in [5.74, 6) is 0.544. The first-order chi connectivity index (χ1) is 12.9. The zero-order valence-electron chi connectivity index (χ0n) is 14.3. The zero-order chi connectivity index (χ0) is 19.4. The fraction of sp³-hybridized carbons (Fsp3) is 0.222. The van der Waals surface area contributed by atoms with E-state index >= 15 is 0 Å². The van der Waals surface area contributed by atoms with Crippen molar-refractivity contribution in [2.45, 2.75) is 12.7 Å². The normalized spacial score (nSPS) is 11.4. The standard InChI is InChI=1S/C18H16F3N3O3/c1-26-14-4-2-3-5-15(14)27-11-17(25)22-8-13-10-24-9-12(18(19,20)21)6-7-16(24)23-13/h2-7,9-10H,8,11H2,1H3,(H,22,25). The zero-order valence-corrected chi connectivity index (χ0v) is 14.3. The highest BCUT2D eigenvalue weighted by atomic mass is 19.4. The Labute approximate surface area is 152 Å². The quantitative estimate of drug-likeness (QED) is 0.715. The molecule has 0 bridgehead atoms. The molecule has 1 amide bonds. The number of imidazole rings is 1. The summed E-state index contributed by atoms with van der Waals surface area (Å²) in [7, 11) is 1.50. The molecule has 0 radical (unpaired) electrons. The molecule has 0 unspecified atom stereocenters. The van der Waals surface area contributed by atoms with Crippen molar-refractivity contribution in [1.29, 1.82) is 0 Å². The van der Waals surface area contributed by atoms with Crippen molar-refractivity contribution in [3.05, 3.63) is 60.0 Å². The number of hydrogen-bond acceptors (Lipinski definition) is 4. The van der Waals surface area contributed by atoms with Crippen LogP contribution in [0.1, 0.15) is 11.3 Å². The molecule has 0 aliphatic carbocycles. The number of carbonyl (C=O) groups excluding carboxylic acids is 1. The fourth-order valence-electron chi connectivity index (χ4n) is 2.42. The minimum absolute atomic E-state index is 0.0666. The number of hydrogen-bond donors (Lipinski definition) is 1. The lowest BCUT2D eigenvalue weighted by Gasteiger charge is -2.10. The Bertz CT molecular complexity index is 954. The second-order valence-electron chi connectivity index (χ2n) is 5.63. The lowest BCUT2D eigenvalue weighted by molar-refractivity contribution is -0.137. The lowest BCUT2D eigenvalue weighted by Crippen LogP contribution is -2.28. The van der Waals surface area contributed by atoms with Crippen LogP contribution in [-0.4, -0.2) is 29.0 Å². The number of para-hydroxylation sites is 2. The van der Waals surface area contributed by atoms with Crippen LogP contribution in [0.3, 0.4) is 0 Å². The highest BCUT2D eigenvalue weighted by Crippen LogP contribution is 2.29. The molecule has 3 rings (SSSR count). The van der Waals surface area contributed by atoms with Crippen LogP contribution in [0, 0.1) is 0 Å². The number of nitrogens with zero attached hydrogens (tertiary/aromatic N) is 2. The summed E-state index contributed by atoms with van der Waals surface area (Å²) >= 11 is 0. The van der Waals surface area contributed by atoms with Gasteiger partial charge in [-0.15, -0.1) is 0 Å². The second kappa shape index (κ2) is 7.56. The minimum Gasteiger partial charge on any atom is -0.493 e. The van der Waals surface area contributed by atoms with Crippen molar-refractivity contribution < 1.29 is 27.4 Å². The van der Waals surface area contributed by atoms with Crippen molar-refractivity contribution >= 4 is 11.6 Å². The van der Waals surface area contributed by atoms with Gasteiger partial charge in [-0.25, -0.2) is 4.98 Å². The van der Waals surface area contributed by atoms with Crippen molar-refractivity contribution in [2.24, 2.45) is 0 Å². The van der Waals surface area contributed by atoms with Crippen LogP contribution in [0.15, 0.2) is 48.8 Å². The molecule has 0 saturated carbocycles. The number of halogens is 3. The van der Waals surface area contributed by atoms with Gasteiger partial charge in [0.15, 0.2) is 18.1 Å². The Hall–Kier alpha value is -3.23. The number of pyridine rings is 1. The van der Waals surface area contributed by atoms with E-state index in [0.29, 0.717) is 22.8 Å². The van der Waals surface area contributed by atoms with E-state index in [1.165, 1.54) is 23.8 Å². The van der Waals surface area contributed by atoms with Gasteiger partial charge in [0, 0.05) is 12.4 Å². The molecule has 0 saturated heterocycles. The number of methoxy groups -OCH3 is 1. The number of carbonyl (C=O) groups is 1. The second-order valence-corrected chi connectivity index (χ2v) is 5.63. The predicted molar refractivity (Wildman–Crippen MR) is 90.5 cm³/mol. The van der Waals surface area contributed by atoms with E-state index in [4.69, 9.17) is 9.47 Å². The number of rotatable bonds is 6. The molecule has 2 heterocycles. The maximum Gasteiger partial charge on any atom is 0.417 e. The van der Waals surface area contributed by atoms with E-state index in [2.05, 4.69) is 10.3 Å². The van der Waals surface area contributed by atoms with Gasteiger partial charge in [-0.3, -0.25) is 4.79 Å². The molecule has 6 nitrogen and oxygen atoms in total. The maximum atomic E-state index is 12.7. The third-order valence-electron chi connectivity index (χ3n) is 3.72. The van der Waals surface area contributed by atoms with Crippen molar-refractivity contribution in [1.82, 2.24) is 14.7 Å². The van der Waals surface area contributed by atoms with E-state index in [-0.39, 0.29) is 13.2 Å². The smallest absolute Gasteiger partial charge is 0.417 e. The Morgan fingerprint density at radius 1 is 1.15 bits per heavy atom. The summed E-state index contributed by atoms with van der Waals surface area (Å²) in [5.41, 5.74) is 0.0191. The van der Waals surface area contributed by atoms with Gasteiger partial charge in [-0.2, -0.15) is 13.2 Å². The molecular formula is C18H16F3N3O3. The van der Waals surface area contributed by atoms with Crippen LogP contribution in [0.25, 0.3) is 5.65 Å². The van der Waals surface area contributed by atoms with Crippen molar-refractivity contribution in [2.75, 3.05) is 13.7 Å².